The van der Waals surface area contributed by atoms with Gasteiger partial charge < -0.3 is 4.48 Å². The van der Waals surface area contributed by atoms with E-state index in [1.807, 2.05) is 0 Å². The molecule has 0 radical (unpaired) electrons. The lowest BCUT2D eigenvalue weighted by molar-refractivity contribution is -0.911. The van der Waals surface area contributed by atoms with E-state index in [4.69, 9.17) is 11.6 Å². The van der Waals surface area contributed by atoms with Crippen molar-refractivity contribution in [3.05, 3.63) is 0 Å². The molecule has 10 heavy (non-hydrogen) atoms. The van der Waals surface area contributed by atoms with Crippen molar-refractivity contribution in [3.63, 3.8) is 0 Å². The summed E-state index contributed by atoms with van der Waals surface area (Å²) in [6, 6.07) is 0. The Balaban J connectivity index is 2.32. The molecule has 0 saturated carbocycles. The van der Waals surface area contributed by atoms with E-state index in [2.05, 4.69) is 7.05 Å². The van der Waals surface area contributed by atoms with Crippen LogP contribution in [0.15, 0.2) is 0 Å². The topological polar surface area (TPSA) is 0 Å². The maximum absolute atomic E-state index is 5.71. The van der Waals surface area contributed by atoms with Gasteiger partial charge in [0.2, 0.25) is 0 Å². The summed E-state index contributed by atoms with van der Waals surface area (Å²) in [7, 11) is 2.32. The first kappa shape index (κ1) is 8.35. The van der Waals surface area contributed by atoms with E-state index in [9.17, 15) is 0 Å². The second-order valence-electron chi connectivity index (χ2n) is 3.54. The fourth-order valence-corrected chi connectivity index (χ4v) is 2.11. The van der Waals surface area contributed by atoms with Crippen LogP contribution in [0.5, 0.6) is 0 Å². The minimum atomic E-state index is 0.816. The second-order valence-corrected chi connectivity index (χ2v) is 3.92. The van der Waals surface area contributed by atoms with Crippen LogP contribution in [0.4, 0.5) is 0 Å². The molecule has 0 aromatic heterocycles. The predicted molar refractivity (Wildman–Crippen MR) is 45.4 cm³/mol. The van der Waals surface area contributed by atoms with Gasteiger partial charge in [-0.1, -0.05) is 0 Å². The smallest absolute Gasteiger partial charge is 0.0922 e. The quantitative estimate of drug-likeness (QED) is 0.430. The molecule has 0 bridgehead atoms. The Kier molecular flexibility index (Phi) is 2.99. The average Bonchev–Trinajstić information content (AvgIpc) is 1.89. The first-order valence-electron chi connectivity index (χ1n) is 4.16. The molecule has 0 atom stereocenters. The lowest BCUT2D eigenvalue weighted by Crippen LogP contribution is -2.48. The highest BCUT2D eigenvalue weighted by Crippen LogP contribution is 2.15. The molecule has 0 N–H and O–H groups in total. The van der Waals surface area contributed by atoms with Crippen LogP contribution in [0.1, 0.15) is 19.3 Å². The number of halogens is 1. The number of quaternary nitrogens is 1. The van der Waals surface area contributed by atoms with E-state index in [0.717, 1.165) is 12.4 Å². The van der Waals surface area contributed by atoms with Crippen LogP contribution >= 0.6 is 11.6 Å². The van der Waals surface area contributed by atoms with Gasteiger partial charge in [-0.05, 0) is 19.3 Å². The molecule has 0 aromatic carbocycles. The van der Waals surface area contributed by atoms with Gasteiger partial charge in [0.25, 0.3) is 0 Å². The molecule has 1 rings (SSSR count). The fraction of sp³-hybridized carbons (Fsp3) is 1.00. The monoisotopic (exact) mass is 162 g/mol. The van der Waals surface area contributed by atoms with E-state index in [1.165, 1.54) is 36.8 Å². The number of likely N-dealkylation sites (tertiary alicyclic amines) is 1. The van der Waals surface area contributed by atoms with Crippen LogP contribution < -0.4 is 0 Å². The van der Waals surface area contributed by atoms with Crippen molar-refractivity contribution in [2.75, 3.05) is 32.6 Å². The molecule has 0 aliphatic carbocycles. The third kappa shape index (κ3) is 2.14. The normalized spacial score (nSPS) is 24.6. The average molecular weight is 163 g/mol. The van der Waals surface area contributed by atoms with Crippen molar-refractivity contribution in [2.24, 2.45) is 0 Å². The van der Waals surface area contributed by atoms with Crippen LogP contribution in [-0.2, 0) is 0 Å². The molecular formula is C8H17ClN+. The largest absolute Gasteiger partial charge is 0.325 e. The summed E-state index contributed by atoms with van der Waals surface area (Å²) < 4.78 is 1.21. The SMILES string of the molecule is C[N+]1(CCCl)CCCCC1. The zero-order valence-electron chi connectivity index (χ0n) is 6.77. The van der Waals surface area contributed by atoms with Crippen molar-refractivity contribution in [1.82, 2.24) is 0 Å². The molecule has 1 aliphatic rings. The number of nitrogens with zero attached hydrogens (tertiary/aromatic N) is 1. The second kappa shape index (κ2) is 3.59. The highest BCUT2D eigenvalue weighted by Gasteiger charge is 2.23. The molecule has 1 saturated heterocycles. The van der Waals surface area contributed by atoms with Crippen molar-refractivity contribution in [2.45, 2.75) is 19.3 Å². The maximum Gasteiger partial charge on any atom is 0.0922 e. The zero-order chi connectivity index (χ0) is 7.45. The summed E-state index contributed by atoms with van der Waals surface area (Å²) in [4.78, 5) is 0. The zero-order valence-corrected chi connectivity index (χ0v) is 7.53. The summed E-state index contributed by atoms with van der Waals surface area (Å²) in [5.74, 6) is 0.816. The highest BCUT2D eigenvalue weighted by atomic mass is 35.5. The maximum atomic E-state index is 5.71. The van der Waals surface area contributed by atoms with E-state index in [-0.39, 0.29) is 0 Å². The number of rotatable bonds is 2. The molecule has 0 aromatic rings. The number of hydrogen-bond donors (Lipinski definition) is 0. The van der Waals surface area contributed by atoms with E-state index >= 15 is 0 Å². The highest BCUT2D eigenvalue weighted by molar-refractivity contribution is 6.17. The van der Waals surface area contributed by atoms with Crippen LogP contribution in [0.2, 0.25) is 0 Å². The summed E-state index contributed by atoms with van der Waals surface area (Å²) in [5.41, 5.74) is 0. The standard InChI is InChI=1S/C8H17ClN/c1-10(8-5-9)6-3-2-4-7-10/h2-8H2,1H3/q+1. The van der Waals surface area contributed by atoms with Crippen molar-refractivity contribution in [1.29, 1.82) is 0 Å². The van der Waals surface area contributed by atoms with Gasteiger partial charge in [0.05, 0.1) is 32.6 Å². The Morgan fingerprint density at radius 2 is 1.80 bits per heavy atom. The summed E-state index contributed by atoms with van der Waals surface area (Å²) in [6.45, 7) is 3.83. The molecule has 60 valence electrons. The van der Waals surface area contributed by atoms with Gasteiger partial charge in [0.1, 0.15) is 0 Å². The molecule has 0 spiro atoms. The van der Waals surface area contributed by atoms with Crippen molar-refractivity contribution in [3.8, 4) is 0 Å². The van der Waals surface area contributed by atoms with Crippen LogP contribution in [0.3, 0.4) is 0 Å². The number of piperidine rings is 1. The van der Waals surface area contributed by atoms with Gasteiger partial charge in [-0.2, -0.15) is 0 Å². The van der Waals surface area contributed by atoms with Crippen molar-refractivity contribution >= 4 is 11.6 Å². The number of alkyl halides is 1. The summed E-state index contributed by atoms with van der Waals surface area (Å²) in [6.07, 6.45) is 4.22. The number of hydrogen-bond acceptors (Lipinski definition) is 0. The van der Waals surface area contributed by atoms with E-state index in [0.29, 0.717) is 0 Å². The Labute approximate surface area is 68.6 Å². The lowest BCUT2D eigenvalue weighted by Gasteiger charge is -2.37. The lowest BCUT2D eigenvalue weighted by atomic mass is 10.1. The molecule has 1 heterocycles. The van der Waals surface area contributed by atoms with Gasteiger partial charge in [-0.15, -0.1) is 11.6 Å². The minimum Gasteiger partial charge on any atom is -0.325 e. The van der Waals surface area contributed by atoms with Crippen LogP contribution in [-0.4, -0.2) is 37.0 Å². The fourth-order valence-electron chi connectivity index (χ4n) is 1.70. The molecule has 1 nitrogen and oxygen atoms in total. The van der Waals surface area contributed by atoms with Crippen LogP contribution in [0, 0.1) is 0 Å². The molecule has 0 amide bonds. The molecule has 1 aliphatic heterocycles. The van der Waals surface area contributed by atoms with Gasteiger partial charge in [0.15, 0.2) is 0 Å². The van der Waals surface area contributed by atoms with Crippen LogP contribution in [0.25, 0.3) is 0 Å². The first-order chi connectivity index (χ1) is 4.77. The van der Waals surface area contributed by atoms with Gasteiger partial charge in [0, 0.05) is 0 Å². The van der Waals surface area contributed by atoms with Gasteiger partial charge in [-0.3, -0.25) is 0 Å². The third-order valence-electron chi connectivity index (χ3n) is 2.52. The van der Waals surface area contributed by atoms with Crippen molar-refractivity contribution < 1.29 is 4.48 Å². The Bertz CT molecular complexity index is 91.9. The molecule has 2 heteroatoms. The molecule has 0 unspecified atom stereocenters. The van der Waals surface area contributed by atoms with E-state index in [1.54, 1.807) is 0 Å². The Morgan fingerprint density at radius 3 is 2.30 bits per heavy atom. The summed E-state index contributed by atoms with van der Waals surface area (Å²) >= 11 is 5.71. The first-order valence-corrected chi connectivity index (χ1v) is 4.70. The Hall–Kier alpha value is 0.250. The van der Waals surface area contributed by atoms with Gasteiger partial charge in [-0.25, -0.2) is 0 Å². The Morgan fingerprint density at radius 1 is 1.20 bits per heavy atom. The summed E-state index contributed by atoms with van der Waals surface area (Å²) in [5, 5.41) is 0. The molecular weight excluding hydrogens is 146 g/mol. The molecule has 1 fully saturated rings. The predicted octanol–water partition coefficient (Wildman–Crippen LogP) is 1.86. The van der Waals surface area contributed by atoms with Gasteiger partial charge >= 0.3 is 0 Å². The van der Waals surface area contributed by atoms with E-state index < -0.39 is 0 Å². The third-order valence-corrected chi connectivity index (χ3v) is 2.69. The minimum absolute atomic E-state index is 0.816.